The second-order valence-electron chi connectivity index (χ2n) is 5.02. The van der Waals surface area contributed by atoms with E-state index >= 15 is 0 Å². The van der Waals surface area contributed by atoms with Crippen LogP contribution in [0.5, 0.6) is 0 Å². The topological polar surface area (TPSA) is 93.3 Å². The molecule has 0 amide bonds. The van der Waals surface area contributed by atoms with Crippen LogP contribution in [-0.4, -0.2) is 18.5 Å². The smallest absolute Gasteiger partial charge is 0.238 e. The average molecular weight is 364 g/mol. The summed E-state index contributed by atoms with van der Waals surface area (Å²) in [4.78, 5) is 5.15. The van der Waals surface area contributed by atoms with Crippen molar-refractivity contribution in [1.82, 2.24) is 4.98 Å². The Kier molecular flexibility index (Phi) is 4.46. The molecule has 3 aromatic rings. The summed E-state index contributed by atoms with van der Waals surface area (Å²) in [5.74, 6) is -0.351. The minimum Gasteiger partial charge on any atom is -0.389 e. The fourth-order valence-electron chi connectivity index (χ4n) is 2.23. The van der Waals surface area contributed by atoms with Crippen molar-refractivity contribution in [1.29, 1.82) is 0 Å². The van der Waals surface area contributed by atoms with E-state index in [0.29, 0.717) is 16.3 Å². The maximum Gasteiger partial charge on any atom is 0.238 e. The van der Waals surface area contributed by atoms with Gasteiger partial charge in [-0.2, -0.15) is 0 Å². The molecule has 1 aromatic heterocycles. The van der Waals surface area contributed by atoms with Crippen molar-refractivity contribution in [3.05, 3.63) is 59.4 Å². The minimum atomic E-state index is -3.76. The number of rotatable bonds is 4. The monoisotopic (exact) mass is 364 g/mol. The van der Waals surface area contributed by atoms with Gasteiger partial charge in [-0.05, 0) is 42.0 Å². The van der Waals surface area contributed by atoms with Gasteiger partial charge in [-0.3, -0.25) is 0 Å². The van der Waals surface area contributed by atoms with E-state index in [-0.39, 0.29) is 17.3 Å². The van der Waals surface area contributed by atoms with Gasteiger partial charge in [-0.15, -0.1) is 11.3 Å². The first kappa shape index (κ1) is 16.7. The zero-order valence-corrected chi connectivity index (χ0v) is 13.9. The summed E-state index contributed by atoms with van der Waals surface area (Å²) in [5.41, 5.74) is 2.05. The van der Waals surface area contributed by atoms with Gasteiger partial charge in [0.15, 0.2) is 0 Å². The van der Waals surface area contributed by atoms with Crippen LogP contribution in [0.1, 0.15) is 5.01 Å². The summed E-state index contributed by atoms with van der Waals surface area (Å²) in [7, 11) is -3.76. The van der Waals surface area contributed by atoms with Gasteiger partial charge in [-0.25, -0.2) is 22.9 Å². The fraction of sp³-hybridized carbons (Fsp3) is 0.0625. The molecule has 2 aromatic carbocycles. The molecule has 124 valence electrons. The summed E-state index contributed by atoms with van der Waals surface area (Å²) in [5, 5.41) is 15.0. The van der Waals surface area contributed by atoms with E-state index < -0.39 is 10.0 Å². The lowest BCUT2D eigenvalue weighted by Gasteiger charge is -2.04. The van der Waals surface area contributed by atoms with Crippen molar-refractivity contribution in [3.8, 4) is 21.7 Å². The SMILES string of the molecule is NS(=O)(=O)c1ccc(-c2sc(CO)nc2-c2ccc(F)cc2)cc1. The van der Waals surface area contributed by atoms with Crippen LogP contribution in [-0.2, 0) is 16.6 Å². The molecule has 0 unspecified atom stereocenters. The summed E-state index contributed by atoms with van der Waals surface area (Å²) < 4.78 is 35.8. The number of thiazole rings is 1. The summed E-state index contributed by atoms with van der Waals surface area (Å²) in [6.45, 7) is -0.214. The highest BCUT2D eigenvalue weighted by atomic mass is 32.2. The Hall–Kier alpha value is -2.13. The highest BCUT2D eigenvalue weighted by molar-refractivity contribution is 7.89. The highest BCUT2D eigenvalue weighted by Crippen LogP contribution is 2.37. The largest absolute Gasteiger partial charge is 0.389 e. The molecule has 1 heterocycles. The molecule has 0 saturated heterocycles. The van der Waals surface area contributed by atoms with E-state index in [9.17, 15) is 17.9 Å². The molecular weight excluding hydrogens is 351 g/mol. The van der Waals surface area contributed by atoms with Gasteiger partial charge in [0.05, 0.1) is 22.1 Å². The van der Waals surface area contributed by atoms with Crippen LogP contribution in [0.2, 0.25) is 0 Å². The molecule has 0 spiro atoms. The van der Waals surface area contributed by atoms with Gasteiger partial charge >= 0.3 is 0 Å². The van der Waals surface area contributed by atoms with E-state index in [1.54, 1.807) is 24.3 Å². The van der Waals surface area contributed by atoms with Crippen molar-refractivity contribution in [2.24, 2.45) is 5.14 Å². The third kappa shape index (κ3) is 3.36. The molecule has 3 N–H and O–H groups in total. The van der Waals surface area contributed by atoms with Crippen LogP contribution < -0.4 is 5.14 Å². The Balaban J connectivity index is 2.10. The van der Waals surface area contributed by atoms with Gasteiger partial charge in [0.25, 0.3) is 0 Å². The highest BCUT2D eigenvalue weighted by Gasteiger charge is 2.16. The molecule has 0 aliphatic carbocycles. The third-order valence-corrected chi connectivity index (χ3v) is 5.39. The molecule has 5 nitrogen and oxygen atoms in total. The number of sulfonamides is 1. The van der Waals surface area contributed by atoms with Gasteiger partial charge in [-0.1, -0.05) is 12.1 Å². The number of hydrogen-bond donors (Lipinski definition) is 2. The Morgan fingerprint density at radius 3 is 2.17 bits per heavy atom. The standard InChI is InChI=1S/C16H13FN2O3S2/c17-12-5-1-10(2-6-12)15-16(23-14(9-20)19-15)11-3-7-13(8-4-11)24(18,21)22/h1-8,20H,9H2,(H2,18,21,22). The number of nitrogens with two attached hydrogens (primary N) is 1. The van der Waals surface area contributed by atoms with Gasteiger partial charge in [0.2, 0.25) is 10.0 Å². The van der Waals surface area contributed by atoms with E-state index in [1.807, 2.05) is 0 Å². The lowest BCUT2D eigenvalue weighted by molar-refractivity contribution is 0.281. The van der Waals surface area contributed by atoms with Crippen LogP contribution >= 0.6 is 11.3 Å². The van der Waals surface area contributed by atoms with Crippen LogP contribution in [0.25, 0.3) is 21.7 Å². The number of primary sulfonamides is 1. The van der Waals surface area contributed by atoms with Gasteiger partial charge in [0, 0.05) is 5.56 Å². The summed E-state index contributed by atoms with van der Waals surface area (Å²) in [6.07, 6.45) is 0. The molecule has 0 radical (unpaired) electrons. The molecule has 24 heavy (non-hydrogen) atoms. The molecule has 0 atom stereocenters. The second kappa shape index (κ2) is 6.40. The Bertz CT molecular complexity index is 966. The zero-order valence-electron chi connectivity index (χ0n) is 12.3. The number of benzene rings is 2. The number of hydrogen-bond acceptors (Lipinski definition) is 5. The van der Waals surface area contributed by atoms with Crippen LogP contribution in [0.15, 0.2) is 53.4 Å². The Morgan fingerprint density at radius 2 is 1.62 bits per heavy atom. The van der Waals surface area contributed by atoms with Crippen molar-refractivity contribution in [3.63, 3.8) is 0 Å². The molecule has 0 aliphatic heterocycles. The quantitative estimate of drug-likeness (QED) is 0.744. The zero-order chi connectivity index (χ0) is 17.3. The molecule has 0 bridgehead atoms. The summed E-state index contributed by atoms with van der Waals surface area (Å²) in [6, 6.07) is 12.0. The van der Waals surface area contributed by atoms with E-state index in [4.69, 9.17) is 5.14 Å². The van der Waals surface area contributed by atoms with Crippen molar-refractivity contribution < 1.29 is 17.9 Å². The molecule has 8 heteroatoms. The number of halogens is 1. The third-order valence-electron chi connectivity index (χ3n) is 3.37. The van der Waals surface area contributed by atoms with Gasteiger partial charge in [0.1, 0.15) is 10.8 Å². The second-order valence-corrected chi connectivity index (χ2v) is 7.66. The van der Waals surface area contributed by atoms with Crippen molar-refractivity contribution in [2.75, 3.05) is 0 Å². The predicted octanol–water partition coefficient (Wildman–Crippen LogP) is 2.76. The van der Waals surface area contributed by atoms with Crippen LogP contribution in [0, 0.1) is 5.82 Å². The molecule has 3 rings (SSSR count). The molecule has 0 saturated carbocycles. The van der Waals surface area contributed by atoms with E-state index in [1.165, 1.54) is 35.6 Å². The first-order valence-electron chi connectivity index (χ1n) is 6.88. The predicted molar refractivity (Wildman–Crippen MR) is 90.2 cm³/mol. The molecule has 0 fully saturated rings. The van der Waals surface area contributed by atoms with E-state index in [2.05, 4.69) is 4.98 Å². The number of aliphatic hydroxyl groups excluding tert-OH is 1. The van der Waals surface area contributed by atoms with Gasteiger partial charge < -0.3 is 5.11 Å². The molecular formula is C16H13FN2O3S2. The average Bonchev–Trinajstić information content (AvgIpc) is 2.99. The van der Waals surface area contributed by atoms with Crippen molar-refractivity contribution in [2.45, 2.75) is 11.5 Å². The number of aliphatic hydroxyl groups is 1. The minimum absolute atomic E-state index is 0.0153. The first-order valence-corrected chi connectivity index (χ1v) is 9.24. The Labute approximate surface area is 142 Å². The number of nitrogens with zero attached hydrogens (tertiary/aromatic N) is 1. The first-order chi connectivity index (χ1) is 11.4. The van der Waals surface area contributed by atoms with Crippen LogP contribution in [0.4, 0.5) is 4.39 Å². The normalized spacial score (nSPS) is 11.6. The Morgan fingerprint density at radius 1 is 1.04 bits per heavy atom. The van der Waals surface area contributed by atoms with Crippen LogP contribution in [0.3, 0.4) is 0 Å². The lowest BCUT2D eigenvalue weighted by Crippen LogP contribution is -2.11. The summed E-state index contributed by atoms with van der Waals surface area (Å²) >= 11 is 1.29. The number of aromatic nitrogens is 1. The van der Waals surface area contributed by atoms with Crippen molar-refractivity contribution >= 4 is 21.4 Å². The lowest BCUT2D eigenvalue weighted by atomic mass is 10.1. The maximum absolute atomic E-state index is 13.1. The maximum atomic E-state index is 13.1. The molecule has 0 aliphatic rings. The van der Waals surface area contributed by atoms with E-state index in [0.717, 1.165) is 10.4 Å². The fourth-order valence-corrected chi connectivity index (χ4v) is 3.69.